The molecule has 6 atom stereocenters. The van der Waals surface area contributed by atoms with E-state index < -0.39 is 44.1 Å². The van der Waals surface area contributed by atoms with Crippen LogP contribution in [-0.4, -0.2) is 63.3 Å². The molecule has 0 spiro atoms. The van der Waals surface area contributed by atoms with Gasteiger partial charge in [0.1, 0.15) is 6.10 Å². The number of ether oxygens (including phenoxy) is 4. The van der Waals surface area contributed by atoms with E-state index in [0.717, 1.165) is 5.56 Å². The second-order valence-corrected chi connectivity index (χ2v) is 13.7. The summed E-state index contributed by atoms with van der Waals surface area (Å²) in [4.78, 5) is 25.3. The van der Waals surface area contributed by atoms with Crippen molar-refractivity contribution in [2.45, 2.75) is 64.3 Å². The van der Waals surface area contributed by atoms with Gasteiger partial charge in [-0.15, -0.1) is 0 Å². The van der Waals surface area contributed by atoms with Gasteiger partial charge in [0.25, 0.3) is 0 Å². The van der Waals surface area contributed by atoms with E-state index in [9.17, 15) is 9.36 Å². The molecular formula is C26H31ClN5O9P. The molecule has 3 fully saturated rings. The number of benzene rings is 1. The molecular weight excluding hydrogens is 593 g/mol. The van der Waals surface area contributed by atoms with Crippen molar-refractivity contribution in [3.8, 4) is 5.88 Å². The molecule has 0 unspecified atom stereocenters. The van der Waals surface area contributed by atoms with Crippen molar-refractivity contribution < 1.29 is 41.9 Å². The predicted octanol–water partition coefficient (Wildman–Crippen LogP) is 4.98. The number of aromatic nitrogens is 4. The first-order chi connectivity index (χ1) is 19.8. The Labute approximate surface area is 246 Å². The number of nitrogens with zero attached hydrogens (tertiary/aromatic N) is 4. The average molecular weight is 624 g/mol. The van der Waals surface area contributed by atoms with Crippen LogP contribution < -0.4 is 10.5 Å². The summed E-state index contributed by atoms with van der Waals surface area (Å²) in [6.07, 6.45) is -2.31. The van der Waals surface area contributed by atoms with E-state index in [1.54, 1.807) is 29.7 Å². The maximum absolute atomic E-state index is 13.4. The molecule has 226 valence electrons. The smallest absolute Gasteiger partial charge is 0.475 e. The minimum absolute atomic E-state index is 0.0358. The fourth-order valence-corrected chi connectivity index (χ4v) is 6.69. The van der Waals surface area contributed by atoms with E-state index in [4.69, 9.17) is 49.9 Å². The Morgan fingerprint density at radius 3 is 2.86 bits per heavy atom. The molecule has 0 amide bonds. The van der Waals surface area contributed by atoms with Crippen LogP contribution in [0.25, 0.3) is 11.2 Å². The first kappa shape index (κ1) is 29.1. The molecule has 6 rings (SSSR count). The summed E-state index contributed by atoms with van der Waals surface area (Å²) >= 11 is 6.12. The number of fused-ring (bicyclic) bond motifs is 2. The molecule has 0 saturated carbocycles. The molecule has 14 nitrogen and oxygen atoms in total. The lowest BCUT2D eigenvalue weighted by atomic mass is 9.96. The van der Waals surface area contributed by atoms with Gasteiger partial charge in [0.2, 0.25) is 11.8 Å². The zero-order chi connectivity index (χ0) is 29.9. The van der Waals surface area contributed by atoms with Gasteiger partial charge in [-0.3, -0.25) is 18.1 Å². The number of carbonyl (C=O) groups excluding carboxylic acids is 1. The highest BCUT2D eigenvalue weighted by atomic mass is 35.5. The fraction of sp³-hybridized carbons (Fsp3) is 0.538. The summed E-state index contributed by atoms with van der Waals surface area (Å²) in [5, 5.41) is 0.526. The third kappa shape index (κ3) is 5.54. The van der Waals surface area contributed by atoms with Crippen LogP contribution >= 0.6 is 19.4 Å². The molecule has 0 radical (unpaired) electrons. The fourth-order valence-electron chi connectivity index (χ4n) is 5.10. The van der Waals surface area contributed by atoms with Gasteiger partial charge in [-0.2, -0.15) is 9.97 Å². The lowest BCUT2D eigenvalue weighted by molar-refractivity contribution is -0.0925. The molecule has 42 heavy (non-hydrogen) atoms. The van der Waals surface area contributed by atoms with Crippen molar-refractivity contribution in [2.24, 2.45) is 5.41 Å². The quantitative estimate of drug-likeness (QED) is 0.276. The zero-order valence-electron chi connectivity index (χ0n) is 23.4. The van der Waals surface area contributed by atoms with Crippen molar-refractivity contribution in [1.29, 1.82) is 0 Å². The summed E-state index contributed by atoms with van der Waals surface area (Å²) in [6.45, 7) is 7.93. The average Bonchev–Trinajstić information content (AvgIpc) is 3.54. The number of hydrogen-bond acceptors (Lipinski definition) is 13. The predicted molar refractivity (Wildman–Crippen MR) is 148 cm³/mol. The Balaban J connectivity index is 1.24. The number of nitrogen functional groups attached to an aromatic ring is 1. The topological polar surface area (TPSA) is 168 Å². The van der Waals surface area contributed by atoms with E-state index in [-0.39, 0.29) is 30.5 Å². The number of anilines is 1. The molecule has 3 aliphatic heterocycles. The maximum Gasteiger partial charge on any atom is 0.509 e. The highest BCUT2D eigenvalue weighted by Crippen LogP contribution is 2.58. The minimum Gasteiger partial charge on any atom is -0.475 e. The second-order valence-electron chi connectivity index (χ2n) is 11.7. The third-order valence-corrected chi connectivity index (χ3v) is 8.74. The van der Waals surface area contributed by atoms with Crippen molar-refractivity contribution in [2.75, 3.05) is 25.6 Å². The number of phosphoric acid groups is 1. The van der Waals surface area contributed by atoms with Crippen LogP contribution in [0.15, 0.2) is 30.6 Å². The van der Waals surface area contributed by atoms with E-state index in [2.05, 4.69) is 15.0 Å². The van der Waals surface area contributed by atoms with Crippen molar-refractivity contribution in [1.82, 2.24) is 19.5 Å². The number of halogens is 1. The van der Waals surface area contributed by atoms with Gasteiger partial charge in [0, 0.05) is 11.4 Å². The number of phosphoric ester groups is 1. The second kappa shape index (κ2) is 10.6. The van der Waals surface area contributed by atoms with Crippen LogP contribution in [0.3, 0.4) is 0 Å². The Hall–Kier alpha value is -3.00. The van der Waals surface area contributed by atoms with Gasteiger partial charge < -0.3 is 24.7 Å². The Morgan fingerprint density at radius 2 is 2.10 bits per heavy atom. The summed E-state index contributed by atoms with van der Waals surface area (Å²) in [6, 6.07) is 7.07. The monoisotopic (exact) mass is 623 g/mol. The van der Waals surface area contributed by atoms with Gasteiger partial charge in [0.15, 0.2) is 29.1 Å². The standard InChI is InChI=1S/C26H31ClN5O9P/c1-25(2,3)12-35-21-18-20(30-23(28)31-21)32(13-29-18)22-26(4)19(39-24(33)40-26)17(38-22)11-37-42(34)36-9-8-16(41-42)14-6-5-7-15(27)10-14/h5-7,10,13,16-17,19,22H,8-9,11-12H2,1-4H3,(H2,28,30,31)/t16-,17+,19+,22+,26+,42+/m0/s1. The Bertz CT molecular complexity index is 1560. The largest absolute Gasteiger partial charge is 0.509 e. The Kier molecular flexibility index (Phi) is 7.35. The summed E-state index contributed by atoms with van der Waals surface area (Å²) in [7, 11) is -4.01. The number of imidazole rings is 1. The molecule has 0 bridgehead atoms. The first-order valence-corrected chi connectivity index (χ1v) is 15.2. The molecule has 5 heterocycles. The molecule has 3 aliphatic rings. The minimum atomic E-state index is -4.01. The highest BCUT2D eigenvalue weighted by molar-refractivity contribution is 7.48. The molecule has 2 N–H and O–H groups in total. The van der Waals surface area contributed by atoms with Crippen LogP contribution in [-0.2, 0) is 32.3 Å². The molecule has 3 saturated heterocycles. The molecule has 3 aromatic rings. The van der Waals surface area contributed by atoms with Crippen LogP contribution in [0.1, 0.15) is 52.0 Å². The number of carbonyl (C=O) groups is 1. The molecule has 0 aliphatic carbocycles. The zero-order valence-corrected chi connectivity index (χ0v) is 25.0. The van der Waals surface area contributed by atoms with Gasteiger partial charge in [0.05, 0.1) is 32.3 Å². The normalized spacial score (nSPS) is 31.1. The van der Waals surface area contributed by atoms with Crippen molar-refractivity contribution >= 4 is 42.7 Å². The number of hydrogen-bond donors (Lipinski definition) is 1. The van der Waals surface area contributed by atoms with Crippen LogP contribution in [0.5, 0.6) is 5.88 Å². The molecule has 2 aromatic heterocycles. The summed E-state index contributed by atoms with van der Waals surface area (Å²) < 4.78 is 55.2. The van der Waals surface area contributed by atoms with Gasteiger partial charge in [-0.25, -0.2) is 14.3 Å². The summed E-state index contributed by atoms with van der Waals surface area (Å²) in [5.74, 6) is 0.177. The molecule has 1 aromatic carbocycles. The third-order valence-electron chi connectivity index (χ3n) is 7.03. The number of rotatable bonds is 7. The van der Waals surface area contributed by atoms with Gasteiger partial charge in [-0.1, -0.05) is 44.5 Å². The lowest BCUT2D eigenvalue weighted by Crippen LogP contribution is -2.42. The van der Waals surface area contributed by atoms with Crippen molar-refractivity contribution in [3.63, 3.8) is 0 Å². The van der Waals surface area contributed by atoms with E-state index in [1.165, 1.54) is 6.33 Å². The maximum atomic E-state index is 13.4. The van der Waals surface area contributed by atoms with Gasteiger partial charge >= 0.3 is 14.0 Å². The molecule has 16 heteroatoms. The number of nitrogens with two attached hydrogens (primary N) is 1. The van der Waals surface area contributed by atoms with Crippen molar-refractivity contribution in [3.05, 3.63) is 41.2 Å². The van der Waals surface area contributed by atoms with E-state index in [0.29, 0.717) is 29.2 Å². The van der Waals surface area contributed by atoms with Gasteiger partial charge in [-0.05, 0) is 30.0 Å². The lowest BCUT2D eigenvalue weighted by Gasteiger charge is -2.30. The van der Waals surface area contributed by atoms with Crippen LogP contribution in [0, 0.1) is 5.41 Å². The summed E-state index contributed by atoms with van der Waals surface area (Å²) in [5.41, 5.74) is 5.94. The first-order valence-electron chi connectivity index (χ1n) is 13.3. The van der Waals surface area contributed by atoms with E-state index >= 15 is 0 Å². The van der Waals surface area contributed by atoms with E-state index in [1.807, 2.05) is 26.8 Å². The highest BCUT2D eigenvalue weighted by Gasteiger charge is 2.64. The van der Waals surface area contributed by atoms with Crippen LogP contribution in [0.4, 0.5) is 10.7 Å². The van der Waals surface area contributed by atoms with Crippen LogP contribution in [0.2, 0.25) is 5.02 Å². The Morgan fingerprint density at radius 1 is 1.29 bits per heavy atom. The SMILES string of the molecule is CC(C)(C)COc1nc(N)nc2c1ncn2[C@@H]1O[C@H](CO[P@@]2(=O)OCC[C@@H](c3cccc(Cl)c3)O2)[C@H]2OC(=O)O[C@]21C.